The van der Waals surface area contributed by atoms with Crippen LogP contribution in [0.25, 0.3) is 22.0 Å². The molecule has 0 unspecified atom stereocenters. The third-order valence-corrected chi connectivity index (χ3v) is 17.9. The second-order valence-electron chi connectivity index (χ2n) is 22.2. The maximum atomic E-state index is 13.3. The molecule has 3 aromatic carbocycles. The highest BCUT2D eigenvalue weighted by Gasteiger charge is 2.28. The van der Waals surface area contributed by atoms with Crippen LogP contribution in [0.1, 0.15) is 42.5 Å². The number of aromatic nitrogens is 4. The topological polar surface area (TPSA) is 465 Å². The summed E-state index contributed by atoms with van der Waals surface area (Å²) < 4.78 is 75.8. The van der Waals surface area contributed by atoms with Gasteiger partial charge in [0, 0.05) is 128 Å². The molecule has 34 nitrogen and oxygen atoms in total. The monoisotopic (exact) mass is 1380 g/mol. The molecule has 0 saturated carbocycles. The molecule has 5 aromatic rings. The number of imidazole rings is 1. The Balaban J connectivity index is 0.793. The molecule has 1 aliphatic rings. The highest BCUT2D eigenvalue weighted by Crippen LogP contribution is 2.24. The summed E-state index contributed by atoms with van der Waals surface area (Å²) in [6, 6.07) is 13.2. The van der Waals surface area contributed by atoms with Gasteiger partial charge in [0.25, 0.3) is 5.91 Å². The van der Waals surface area contributed by atoms with Gasteiger partial charge in [-0.05, 0) is 79.3 Å². The van der Waals surface area contributed by atoms with Gasteiger partial charge in [0.1, 0.15) is 12.1 Å². The number of hydrogen-bond donors (Lipinski definition) is 12. The first kappa shape index (κ1) is 76.5. The summed E-state index contributed by atoms with van der Waals surface area (Å²) in [7, 11) is -8.29. The molecular formula is C60H84N14O20S2. The molecule has 0 aliphatic carbocycles. The molecule has 0 spiro atoms. The fourth-order valence-electron chi connectivity index (χ4n) is 9.85. The number of fused-ring (bicyclic) bond motifs is 1. The lowest BCUT2D eigenvalue weighted by Gasteiger charge is -2.33. The summed E-state index contributed by atoms with van der Waals surface area (Å²) in [4.78, 5) is 111. The number of H-pyrrole nitrogens is 1. The highest BCUT2D eigenvalue weighted by molar-refractivity contribution is 7.89. The molecule has 1 saturated heterocycles. The van der Waals surface area contributed by atoms with Gasteiger partial charge in [0.2, 0.25) is 31.9 Å². The first-order valence-corrected chi connectivity index (χ1v) is 33.9. The number of ether oxygens (including phenoxy) is 3. The van der Waals surface area contributed by atoms with Gasteiger partial charge in [-0.25, -0.2) is 31.3 Å². The normalized spacial score (nSPS) is 14.8. The largest absolute Gasteiger partial charge is 0.480 e. The van der Waals surface area contributed by atoms with Crippen molar-refractivity contribution in [2.75, 3.05) is 150 Å². The number of carbonyl (C=O) groups excluding carboxylic acids is 3. The zero-order valence-electron chi connectivity index (χ0n) is 52.8. The van der Waals surface area contributed by atoms with E-state index in [0.29, 0.717) is 48.4 Å². The Morgan fingerprint density at radius 2 is 1.07 bits per heavy atom. The minimum atomic E-state index is -4.39. The maximum Gasteiger partial charge on any atom is 0.326 e. The van der Waals surface area contributed by atoms with Crippen molar-refractivity contribution >= 4 is 84.5 Å². The van der Waals surface area contributed by atoms with E-state index in [0.717, 1.165) is 11.9 Å². The number of rotatable bonds is 42. The van der Waals surface area contributed by atoms with Crippen molar-refractivity contribution in [1.29, 1.82) is 0 Å². The van der Waals surface area contributed by atoms with E-state index in [9.17, 15) is 80.7 Å². The number of carbonyl (C=O) groups is 8. The second kappa shape index (κ2) is 39.5. The molecule has 1 fully saturated rings. The second-order valence-corrected chi connectivity index (χ2v) is 25.7. The van der Waals surface area contributed by atoms with Gasteiger partial charge in [0.05, 0.1) is 74.1 Å². The zero-order chi connectivity index (χ0) is 69.5. The third-order valence-electron chi connectivity index (χ3n) is 14.9. The number of amides is 3. The molecular weight excluding hydrogens is 1300 g/mol. The fourth-order valence-corrected chi connectivity index (χ4v) is 12.1. The minimum absolute atomic E-state index is 0.00680. The lowest BCUT2D eigenvalue weighted by atomic mass is 10.1. The number of aryl methyl sites for hydroxylation is 1. The maximum absolute atomic E-state index is 13.3. The number of hydrogen-bond acceptors (Lipinski definition) is 22. The van der Waals surface area contributed by atoms with Crippen LogP contribution >= 0.6 is 0 Å². The lowest BCUT2D eigenvalue weighted by Crippen LogP contribution is -2.51. The molecule has 96 heavy (non-hydrogen) atoms. The average Bonchev–Trinajstić information content (AvgIpc) is 1.32. The van der Waals surface area contributed by atoms with Crippen molar-refractivity contribution in [2.24, 2.45) is 0 Å². The Bertz CT molecular complexity index is 3530. The average molecular weight is 1390 g/mol. The fraction of sp³-hybridized carbons (Fsp3) is 0.500. The number of carboxylic acids is 5. The summed E-state index contributed by atoms with van der Waals surface area (Å²) in [5, 5.41) is 63.9. The van der Waals surface area contributed by atoms with Crippen LogP contribution in [0.15, 0.2) is 95.1 Å². The van der Waals surface area contributed by atoms with Gasteiger partial charge in [-0.1, -0.05) is 24.3 Å². The summed E-state index contributed by atoms with van der Waals surface area (Å²) in [6.45, 7) is 2.56. The van der Waals surface area contributed by atoms with Crippen LogP contribution in [0.4, 0.5) is 5.95 Å². The number of benzene rings is 3. The van der Waals surface area contributed by atoms with E-state index in [1.165, 1.54) is 36.4 Å². The number of anilines is 1. The van der Waals surface area contributed by atoms with E-state index in [2.05, 4.69) is 45.8 Å². The van der Waals surface area contributed by atoms with Crippen molar-refractivity contribution in [3.63, 3.8) is 0 Å². The van der Waals surface area contributed by atoms with E-state index in [-0.39, 0.29) is 159 Å². The van der Waals surface area contributed by atoms with E-state index in [1.54, 1.807) is 73.2 Å². The Labute approximate surface area is 554 Å². The van der Waals surface area contributed by atoms with Crippen molar-refractivity contribution in [2.45, 2.75) is 60.5 Å². The summed E-state index contributed by atoms with van der Waals surface area (Å²) in [6.07, 6.45) is 6.09. The molecule has 2 atom stereocenters. The van der Waals surface area contributed by atoms with E-state index < -0.39 is 86.2 Å². The number of sulfonamides is 2. The van der Waals surface area contributed by atoms with Crippen LogP contribution < -0.4 is 30.7 Å². The summed E-state index contributed by atoms with van der Waals surface area (Å²) in [5.41, 5.74) is 2.13. The van der Waals surface area contributed by atoms with Crippen LogP contribution in [0, 0.1) is 0 Å². The van der Waals surface area contributed by atoms with E-state index in [1.807, 2.05) is 0 Å². The molecule has 3 heterocycles. The smallest absolute Gasteiger partial charge is 0.326 e. The Hall–Kier alpha value is -8.56. The first-order chi connectivity index (χ1) is 45.9. The van der Waals surface area contributed by atoms with Crippen LogP contribution in [0.2, 0.25) is 0 Å². The van der Waals surface area contributed by atoms with Crippen molar-refractivity contribution in [3.05, 3.63) is 90.9 Å². The summed E-state index contributed by atoms with van der Waals surface area (Å²) >= 11 is 0. The SMILES string of the molecule is O=C(O)CN1CCN(CC(=O)O)CCN(CC(=O)N[C@@H](CCC(=O)NCCCOCCOCCOCCCNS(=O)(=O)c2ccc(-c3ccc(S(=O)(=O)N[C@@H](CNC(=O)c4ccc5c(cnn5CCCNc5ncc[nH]5)c4)C(=O)O)cc3)cc2)C(=O)O)CCN(CC(=O)O)CC1. The Morgan fingerprint density at radius 3 is 1.58 bits per heavy atom. The molecule has 12 N–H and O–H groups in total. The van der Waals surface area contributed by atoms with E-state index >= 15 is 0 Å². The minimum Gasteiger partial charge on any atom is -0.480 e. The van der Waals surface area contributed by atoms with Gasteiger partial charge in [-0.3, -0.25) is 57.8 Å². The molecule has 36 heteroatoms. The number of aromatic amines is 1. The third kappa shape index (κ3) is 27.3. The van der Waals surface area contributed by atoms with Crippen LogP contribution in [-0.2, 0) is 74.4 Å². The highest BCUT2D eigenvalue weighted by atomic mass is 32.2. The standard InChI is InChI=1S/C60H84N14O20S2/c75-52(15-13-49(58(84)85)68-53(76)39-70-22-24-71(40-54(77)78)26-28-73(42-56(81)82)29-27-72(25-23-70)41-55(79)80)61-17-2-30-92-32-34-94-35-33-93-31-3-18-67-95(88,89)47-9-4-43(5-10-47)44-6-11-48(12-7-44)96(90,91)69-50(59(86)87)38-65-57(83)45-8-14-51-46(36-45)37-66-74(51)21-1-16-62-60-63-19-20-64-60/h4-12,14,19-20,36-37,49-50,67,69H,1-3,13,15-18,21-35,38-42H2,(H,61,75)(H,65,83)(H,68,76)(H,77,78)(H,79,80)(H,81,82)(H,84,85)(H,86,87)(H2,62,63,64)/t49-,50-/m0/s1. The molecule has 2 aromatic heterocycles. The lowest BCUT2D eigenvalue weighted by molar-refractivity contribution is -0.142. The predicted octanol–water partition coefficient (Wildman–Crippen LogP) is -0.860. The van der Waals surface area contributed by atoms with Gasteiger partial charge >= 0.3 is 29.8 Å². The van der Waals surface area contributed by atoms with Gasteiger partial charge in [-0.2, -0.15) is 9.82 Å². The Morgan fingerprint density at radius 1 is 0.562 bits per heavy atom. The van der Waals surface area contributed by atoms with Crippen LogP contribution in [0.5, 0.6) is 0 Å². The quantitative estimate of drug-likeness (QED) is 0.0212. The number of aliphatic carboxylic acids is 5. The molecule has 1 aliphatic heterocycles. The Kier molecular flexibility index (Phi) is 31.4. The van der Waals surface area contributed by atoms with Crippen LogP contribution in [0.3, 0.4) is 0 Å². The number of nitrogens with zero attached hydrogens (tertiary/aromatic N) is 7. The molecule has 3 amide bonds. The first-order valence-electron chi connectivity index (χ1n) is 30.9. The number of nitrogens with one attached hydrogen (secondary N) is 7. The van der Waals surface area contributed by atoms with Gasteiger partial charge in [-0.15, -0.1) is 0 Å². The van der Waals surface area contributed by atoms with Crippen LogP contribution in [-0.4, -0.2) is 286 Å². The molecule has 526 valence electrons. The molecule has 0 radical (unpaired) electrons. The van der Waals surface area contributed by atoms with Crippen molar-refractivity contribution in [1.82, 2.24) is 64.7 Å². The van der Waals surface area contributed by atoms with Gasteiger partial charge < -0.3 is 66.0 Å². The molecule has 0 bridgehead atoms. The molecule has 6 rings (SSSR count). The zero-order valence-corrected chi connectivity index (χ0v) is 54.5. The summed E-state index contributed by atoms with van der Waals surface area (Å²) in [5.74, 6) is -7.25. The number of carboxylic acid groups (broad SMARTS) is 5. The predicted molar refractivity (Wildman–Crippen MR) is 345 cm³/mol. The van der Waals surface area contributed by atoms with Crippen molar-refractivity contribution < 1.29 is 94.9 Å². The van der Waals surface area contributed by atoms with Gasteiger partial charge in [0.15, 0.2) is 5.95 Å². The van der Waals surface area contributed by atoms with Crippen molar-refractivity contribution in [3.8, 4) is 11.1 Å². The van der Waals surface area contributed by atoms with E-state index in [4.69, 9.17) is 14.2 Å².